The van der Waals surface area contributed by atoms with Crippen molar-refractivity contribution in [1.82, 2.24) is 9.80 Å². The predicted molar refractivity (Wildman–Crippen MR) is 257 cm³/mol. The van der Waals surface area contributed by atoms with Crippen molar-refractivity contribution in [3.05, 3.63) is 88.4 Å². The van der Waals surface area contributed by atoms with Crippen molar-refractivity contribution in [1.29, 1.82) is 0 Å². The van der Waals surface area contributed by atoms with E-state index in [0.29, 0.717) is 78.2 Å². The number of hydrogen-bond acceptors (Lipinski definition) is 16. The summed E-state index contributed by atoms with van der Waals surface area (Å²) in [5.41, 5.74) is 12.4. The molecule has 2 fully saturated rings. The van der Waals surface area contributed by atoms with Crippen LogP contribution in [0.5, 0.6) is 34.5 Å². The number of likely N-dealkylation sites (N-methyl/N-ethyl adjacent to an activating group) is 2. The lowest BCUT2D eigenvalue weighted by atomic mass is 9.74. The number of carbonyl (C=O) groups excluding carboxylic acids is 2. The summed E-state index contributed by atoms with van der Waals surface area (Å²) in [6, 6.07) is 21.9. The van der Waals surface area contributed by atoms with Crippen molar-refractivity contribution in [2.24, 2.45) is 21.5 Å². The molecule has 2 amide bonds. The molecule has 10 rings (SSSR count). The number of halogens is 1. The summed E-state index contributed by atoms with van der Waals surface area (Å²) < 4.78 is 45.8. The lowest BCUT2D eigenvalue weighted by Crippen LogP contribution is -2.55. The average Bonchev–Trinajstić information content (AvgIpc) is 3.69. The fourth-order valence-electron chi connectivity index (χ4n) is 9.72. The maximum Gasteiger partial charge on any atom is 0.488 e. The standard InChI is InChI=1S/C24H27N3O5.C16H18BrN3O3.C8H11BO4/c1-27-21(28)24(26-22(27)25)13-23(7-4-8-31-14-23)32-20-6-5-15(11-19(20)24)16-9-17(29-2)12-18(10-16)30-3;1-20-13(21)16(19-14(20)18)8-15(5-2-6-22-9-15)23-12-4-3-10(17)7-11(12)16;1-12-7-3-6(9(10)11)4-8(5-7)13-2/h5-6,9-12H,4,7-8,13-14H2,1-3H3,(H2,25,26);3-4,7H,2,5-6,8-9H2,1H3,(H2,18,19);3-5,10-11H,1-2H3. The van der Waals surface area contributed by atoms with Gasteiger partial charge in [-0.2, -0.15) is 0 Å². The molecule has 0 saturated carbocycles. The van der Waals surface area contributed by atoms with Crippen LogP contribution < -0.4 is 45.4 Å². The monoisotopic (exact) mass is 998 g/mol. The molecular formula is C48H56BBrN6O12. The van der Waals surface area contributed by atoms with E-state index >= 15 is 0 Å². The van der Waals surface area contributed by atoms with Gasteiger partial charge in [0.1, 0.15) is 45.7 Å². The van der Waals surface area contributed by atoms with Crippen LogP contribution in [-0.4, -0.2) is 131 Å². The first-order chi connectivity index (χ1) is 32.5. The summed E-state index contributed by atoms with van der Waals surface area (Å²) in [6.07, 6.45) is 4.27. The second-order valence-electron chi connectivity index (χ2n) is 17.6. The topological polar surface area (TPSA) is 232 Å². The SMILES string of the molecule is CN1C(=O)C2(CC3(CCCOC3)Oc3ccc(Br)cc32)N=C1N.COc1cc(OC)cc(-c2ccc3c(c2)C2(CC4(CCCOC4)O3)N=C(N)N(C)C2=O)c1.COc1cc(OC)cc(B(O)O)c1. The maximum absolute atomic E-state index is 13.5. The number of rotatable bonds is 6. The molecule has 4 aromatic carbocycles. The Labute approximate surface area is 403 Å². The van der Waals surface area contributed by atoms with Crippen LogP contribution in [-0.2, 0) is 30.1 Å². The zero-order chi connectivity index (χ0) is 48.6. The van der Waals surface area contributed by atoms with E-state index in [4.69, 9.17) is 64.4 Å². The molecule has 6 heterocycles. The molecule has 4 spiro atoms. The van der Waals surface area contributed by atoms with Crippen molar-refractivity contribution < 1.29 is 57.5 Å². The molecule has 6 aliphatic heterocycles. The van der Waals surface area contributed by atoms with E-state index in [9.17, 15) is 9.59 Å². The lowest BCUT2D eigenvalue weighted by Gasteiger charge is -2.46. The first-order valence-electron chi connectivity index (χ1n) is 22.1. The molecule has 4 atom stereocenters. The van der Waals surface area contributed by atoms with Crippen molar-refractivity contribution in [3.8, 4) is 45.6 Å². The number of nitrogens with zero attached hydrogens (tertiary/aromatic N) is 4. The molecule has 2 saturated heterocycles. The Morgan fingerprint density at radius 3 is 1.47 bits per heavy atom. The Hall–Kier alpha value is -6.06. The number of ether oxygens (including phenoxy) is 8. The van der Waals surface area contributed by atoms with Crippen LogP contribution in [0.15, 0.2) is 87.3 Å². The van der Waals surface area contributed by atoms with E-state index in [-0.39, 0.29) is 23.7 Å². The van der Waals surface area contributed by atoms with Crippen molar-refractivity contribution in [3.63, 3.8) is 0 Å². The van der Waals surface area contributed by atoms with Crippen molar-refractivity contribution in [2.45, 2.75) is 60.8 Å². The molecule has 4 aromatic rings. The number of fused-ring (bicyclic) bond motifs is 4. The van der Waals surface area contributed by atoms with E-state index in [1.54, 1.807) is 34.4 Å². The van der Waals surface area contributed by atoms with Gasteiger partial charge in [0.2, 0.25) is 0 Å². The summed E-state index contributed by atoms with van der Waals surface area (Å²) in [4.78, 5) is 38.7. The molecule has 6 aliphatic rings. The van der Waals surface area contributed by atoms with Gasteiger partial charge in [-0.15, -0.1) is 0 Å². The number of guanidine groups is 2. The zero-order valence-corrected chi connectivity index (χ0v) is 40.5. The molecule has 0 aliphatic carbocycles. The number of hydrogen-bond donors (Lipinski definition) is 4. The molecule has 20 heteroatoms. The fourth-order valence-corrected chi connectivity index (χ4v) is 10.1. The summed E-state index contributed by atoms with van der Waals surface area (Å²) in [5, 5.41) is 17.8. The second kappa shape index (κ2) is 19.1. The van der Waals surface area contributed by atoms with Gasteiger partial charge in [0.25, 0.3) is 11.8 Å². The minimum atomic E-state index is -1.51. The van der Waals surface area contributed by atoms with Gasteiger partial charge < -0.3 is 59.4 Å². The van der Waals surface area contributed by atoms with E-state index in [1.807, 2.05) is 54.6 Å². The number of methoxy groups -OCH3 is 4. The number of carbonyl (C=O) groups is 2. The molecule has 6 N–H and O–H groups in total. The minimum absolute atomic E-state index is 0.109. The van der Waals surface area contributed by atoms with E-state index in [2.05, 4.69) is 20.9 Å². The summed E-state index contributed by atoms with van der Waals surface area (Å²) in [6.45, 7) is 2.32. The van der Waals surface area contributed by atoms with Crippen LogP contribution in [0.4, 0.5) is 0 Å². The molecule has 360 valence electrons. The first-order valence-corrected chi connectivity index (χ1v) is 22.9. The van der Waals surface area contributed by atoms with Crippen LogP contribution in [0, 0.1) is 0 Å². The Kier molecular flexibility index (Phi) is 13.6. The molecular weight excluding hydrogens is 943 g/mol. The third-order valence-electron chi connectivity index (χ3n) is 13.2. The highest BCUT2D eigenvalue weighted by atomic mass is 79.9. The third-order valence-corrected chi connectivity index (χ3v) is 13.7. The van der Waals surface area contributed by atoms with Gasteiger partial charge >= 0.3 is 7.12 Å². The van der Waals surface area contributed by atoms with Crippen molar-refractivity contribution in [2.75, 3.05) is 69.0 Å². The molecule has 0 bridgehead atoms. The Morgan fingerprint density at radius 1 is 0.632 bits per heavy atom. The van der Waals surface area contributed by atoms with Gasteiger partial charge in [-0.3, -0.25) is 19.4 Å². The average molecular weight is 1000 g/mol. The lowest BCUT2D eigenvalue weighted by molar-refractivity contribution is -0.139. The maximum atomic E-state index is 13.5. The Morgan fingerprint density at radius 2 is 1.07 bits per heavy atom. The van der Waals surface area contributed by atoms with Crippen LogP contribution in [0.3, 0.4) is 0 Å². The van der Waals surface area contributed by atoms with Gasteiger partial charge in [-0.05, 0) is 96.9 Å². The van der Waals surface area contributed by atoms with Crippen molar-refractivity contribution >= 4 is 52.2 Å². The molecule has 4 unspecified atom stereocenters. The van der Waals surface area contributed by atoms with Crippen LogP contribution >= 0.6 is 15.9 Å². The van der Waals surface area contributed by atoms with Crippen LogP contribution in [0.1, 0.15) is 49.7 Å². The largest absolute Gasteiger partial charge is 0.497 e. The Balaban J connectivity index is 0.000000151. The number of amides is 2. The summed E-state index contributed by atoms with van der Waals surface area (Å²) in [7, 11) is 8.04. The smallest absolute Gasteiger partial charge is 0.488 e. The van der Waals surface area contributed by atoms with Gasteiger partial charge in [0.15, 0.2) is 23.0 Å². The van der Waals surface area contributed by atoms with E-state index < -0.39 is 29.4 Å². The van der Waals surface area contributed by atoms with Gasteiger partial charge in [-0.1, -0.05) is 22.0 Å². The zero-order valence-electron chi connectivity index (χ0n) is 38.9. The molecule has 0 radical (unpaired) electrons. The van der Waals surface area contributed by atoms with Crippen LogP contribution in [0.2, 0.25) is 0 Å². The number of benzene rings is 4. The first kappa shape index (κ1) is 48.4. The number of nitrogens with two attached hydrogens (primary N) is 2. The summed E-state index contributed by atoms with van der Waals surface area (Å²) in [5.74, 6) is 3.95. The Bertz CT molecular complexity index is 2590. The van der Waals surface area contributed by atoms with Gasteiger partial charge in [0, 0.05) is 67.9 Å². The van der Waals surface area contributed by atoms with Gasteiger partial charge in [-0.25, -0.2) is 9.98 Å². The van der Waals surface area contributed by atoms with E-state index in [0.717, 1.165) is 53.5 Å². The third kappa shape index (κ3) is 9.02. The molecule has 0 aromatic heterocycles. The van der Waals surface area contributed by atoms with Crippen LogP contribution in [0.25, 0.3) is 11.1 Å². The number of aliphatic imine (C=N–C) groups is 2. The molecule has 18 nitrogen and oxygen atoms in total. The second-order valence-corrected chi connectivity index (χ2v) is 18.5. The van der Waals surface area contributed by atoms with E-state index in [1.165, 1.54) is 36.2 Å². The molecule has 68 heavy (non-hydrogen) atoms. The highest BCUT2D eigenvalue weighted by Gasteiger charge is 2.60. The minimum Gasteiger partial charge on any atom is -0.497 e. The highest BCUT2D eigenvalue weighted by molar-refractivity contribution is 9.10. The predicted octanol–water partition coefficient (Wildman–Crippen LogP) is 3.83. The van der Waals surface area contributed by atoms with Gasteiger partial charge in [0.05, 0.1) is 41.7 Å². The fraction of sp³-hybridized carbons (Fsp3) is 0.417. The quantitative estimate of drug-likeness (QED) is 0.201. The normalized spacial score (nSPS) is 25.5. The summed E-state index contributed by atoms with van der Waals surface area (Å²) >= 11 is 3.47. The highest BCUT2D eigenvalue weighted by Crippen LogP contribution is 2.53.